The Bertz CT molecular complexity index is 781. The molecule has 0 unspecified atom stereocenters. The fourth-order valence-electron chi connectivity index (χ4n) is 4.15. The lowest BCUT2D eigenvalue weighted by Crippen LogP contribution is -2.48. The number of amides is 1. The highest BCUT2D eigenvalue weighted by Crippen LogP contribution is 2.38. The Hall–Kier alpha value is -1.84. The summed E-state index contributed by atoms with van der Waals surface area (Å²) in [7, 11) is 0. The molecule has 0 aliphatic carbocycles. The topological polar surface area (TPSA) is 32.3 Å². The maximum atomic E-state index is 12.8. The number of nitrogens with one attached hydrogen (secondary N) is 1. The zero-order valence-electron chi connectivity index (χ0n) is 14.3. The lowest BCUT2D eigenvalue weighted by atomic mass is 9.73. The van der Waals surface area contributed by atoms with E-state index in [0.29, 0.717) is 6.54 Å². The van der Waals surface area contributed by atoms with E-state index in [0.717, 1.165) is 43.9 Å². The van der Waals surface area contributed by atoms with Crippen molar-refractivity contribution >= 4 is 17.5 Å². The third-order valence-corrected chi connectivity index (χ3v) is 5.91. The molecule has 3 nitrogen and oxygen atoms in total. The second kappa shape index (κ2) is 6.81. The molecular formula is C21H23ClN2O. The van der Waals surface area contributed by atoms with Gasteiger partial charge in [0.2, 0.25) is 5.91 Å². The van der Waals surface area contributed by atoms with Crippen molar-refractivity contribution in [3.63, 3.8) is 0 Å². The molecule has 0 atom stereocenters. The Kier molecular flexibility index (Phi) is 4.53. The minimum atomic E-state index is -0.253. The van der Waals surface area contributed by atoms with Crippen molar-refractivity contribution in [3.05, 3.63) is 70.2 Å². The van der Waals surface area contributed by atoms with Crippen LogP contribution in [0, 0.1) is 5.41 Å². The minimum Gasteiger partial charge on any atom is -0.352 e. The SMILES string of the molecule is O=C1NCc2ccccc2CC12CCN(Cc1cccc(Cl)c1)CC2. The summed E-state index contributed by atoms with van der Waals surface area (Å²) in [6.45, 7) is 3.45. The zero-order chi connectivity index (χ0) is 17.3. The molecule has 0 aromatic heterocycles. The summed E-state index contributed by atoms with van der Waals surface area (Å²) in [5.74, 6) is 0.228. The van der Waals surface area contributed by atoms with Gasteiger partial charge in [0.25, 0.3) is 0 Å². The summed E-state index contributed by atoms with van der Waals surface area (Å²) in [5, 5.41) is 3.94. The third kappa shape index (κ3) is 3.44. The first kappa shape index (κ1) is 16.6. The zero-order valence-corrected chi connectivity index (χ0v) is 15.1. The number of piperidine rings is 1. The summed E-state index contributed by atoms with van der Waals surface area (Å²) in [6.07, 6.45) is 2.68. The Labute approximate surface area is 154 Å². The van der Waals surface area contributed by atoms with E-state index in [-0.39, 0.29) is 11.3 Å². The number of likely N-dealkylation sites (tertiary alicyclic amines) is 1. The normalized spacial score (nSPS) is 20.0. The van der Waals surface area contributed by atoms with E-state index in [4.69, 9.17) is 11.6 Å². The number of halogens is 1. The molecular weight excluding hydrogens is 332 g/mol. The first-order valence-electron chi connectivity index (χ1n) is 8.97. The van der Waals surface area contributed by atoms with Crippen LogP contribution in [0.5, 0.6) is 0 Å². The number of fused-ring (bicyclic) bond motifs is 1. The van der Waals surface area contributed by atoms with Crippen molar-refractivity contribution < 1.29 is 4.79 Å². The lowest BCUT2D eigenvalue weighted by Gasteiger charge is -2.40. The number of nitrogens with zero attached hydrogens (tertiary/aromatic N) is 1. The molecule has 0 saturated carbocycles. The quantitative estimate of drug-likeness (QED) is 0.889. The highest BCUT2D eigenvalue weighted by atomic mass is 35.5. The fraction of sp³-hybridized carbons (Fsp3) is 0.381. The molecule has 4 heteroatoms. The van der Waals surface area contributed by atoms with Crippen LogP contribution < -0.4 is 5.32 Å². The Morgan fingerprint density at radius 2 is 1.80 bits per heavy atom. The summed E-state index contributed by atoms with van der Waals surface area (Å²) in [4.78, 5) is 15.3. The van der Waals surface area contributed by atoms with Gasteiger partial charge in [0, 0.05) is 18.1 Å². The van der Waals surface area contributed by atoms with Crippen LogP contribution >= 0.6 is 11.6 Å². The second-order valence-corrected chi connectivity index (χ2v) is 7.75. The highest BCUT2D eigenvalue weighted by Gasteiger charge is 2.42. The molecule has 2 heterocycles. The Balaban J connectivity index is 1.47. The van der Waals surface area contributed by atoms with Gasteiger partial charge in [-0.2, -0.15) is 0 Å². The molecule has 1 fully saturated rings. The number of carbonyl (C=O) groups is 1. The number of rotatable bonds is 2. The maximum Gasteiger partial charge on any atom is 0.226 e. The van der Waals surface area contributed by atoms with E-state index in [1.54, 1.807) is 0 Å². The Morgan fingerprint density at radius 3 is 2.56 bits per heavy atom. The van der Waals surface area contributed by atoms with E-state index in [9.17, 15) is 4.79 Å². The van der Waals surface area contributed by atoms with Gasteiger partial charge in [0.1, 0.15) is 0 Å². The molecule has 1 amide bonds. The molecule has 130 valence electrons. The highest BCUT2D eigenvalue weighted by molar-refractivity contribution is 6.30. The van der Waals surface area contributed by atoms with Gasteiger partial charge in [-0.15, -0.1) is 0 Å². The van der Waals surface area contributed by atoms with Gasteiger partial charge in [-0.05, 0) is 61.2 Å². The van der Waals surface area contributed by atoms with Crippen LogP contribution in [0.4, 0.5) is 0 Å². The molecule has 1 N–H and O–H groups in total. The van der Waals surface area contributed by atoms with Crippen LogP contribution in [0.1, 0.15) is 29.5 Å². The number of hydrogen-bond donors (Lipinski definition) is 1. The van der Waals surface area contributed by atoms with Gasteiger partial charge in [-0.3, -0.25) is 9.69 Å². The van der Waals surface area contributed by atoms with Crippen LogP contribution in [0.3, 0.4) is 0 Å². The monoisotopic (exact) mass is 354 g/mol. The van der Waals surface area contributed by atoms with E-state index in [2.05, 4.69) is 40.5 Å². The summed E-state index contributed by atoms with van der Waals surface area (Å²) < 4.78 is 0. The van der Waals surface area contributed by atoms with Gasteiger partial charge in [0.05, 0.1) is 5.41 Å². The summed E-state index contributed by atoms with van der Waals surface area (Å²) in [6, 6.07) is 16.5. The van der Waals surface area contributed by atoms with Crippen molar-refractivity contribution in [1.29, 1.82) is 0 Å². The van der Waals surface area contributed by atoms with Crippen LogP contribution in [0.15, 0.2) is 48.5 Å². The minimum absolute atomic E-state index is 0.228. The Morgan fingerprint density at radius 1 is 1.04 bits per heavy atom. The first-order chi connectivity index (χ1) is 12.1. The number of benzene rings is 2. The summed E-state index contributed by atoms with van der Waals surface area (Å²) >= 11 is 6.09. The molecule has 4 rings (SSSR count). The molecule has 2 aliphatic heterocycles. The predicted octanol–water partition coefficient (Wildman–Crippen LogP) is 3.79. The van der Waals surface area contributed by atoms with Crippen LogP contribution in [-0.4, -0.2) is 23.9 Å². The van der Waals surface area contributed by atoms with E-state index < -0.39 is 0 Å². The molecule has 2 aromatic carbocycles. The van der Waals surface area contributed by atoms with Crippen LogP contribution in [0.2, 0.25) is 5.02 Å². The van der Waals surface area contributed by atoms with Crippen LogP contribution in [0.25, 0.3) is 0 Å². The van der Waals surface area contributed by atoms with Gasteiger partial charge in [-0.25, -0.2) is 0 Å². The average molecular weight is 355 g/mol. The van der Waals surface area contributed by atoms with Crippen molar-refractivity contribution in [1.82, 2.24) is 10.2 Å². The largest absolute Gasteiger partial charge is 0.352 e. The molecule has 2 aromatic rings. The van der Waals surface area contributed by atoms with E-state index in [1.807, 2.05) is 18.2 Å². The van der Waals surface area contributed by atoms with E-state index >= 15 is 0 Å². The smallest absolute Gasteiger partial charge is 0.226 e. The van der Waals surface area contributed by atoms with Crippen molar-refractivity contribution in [2.45, 2.75) is 32.4 Å². The van der Waals surface area contributed by atoms with Gasteiger partial charge in [-0.1, -0.05) is 48.0 Å². The standard InChI is InChI=1S/C21H23ClN2O/c22-19-7-3-4-16(12-19)15-24-10-8-21(9-11-24)13-17-5-1-2-6-18(17)14-23-20(21)25/h1-7,12H,8-11,13-15H2,(H,23,25). The number of carbonyl (C=O) groups excluding carboxylic acids is 1. The van der Waals surface area contributed by atoms with Gasteiger partial charge >= 0.3 is 0 Å². The second-order valence-electron chi connectivity index (χ2n) is 7.31. The van der Waals surface area contributed by atoms with Gasteiger partial charge in [0.15, 0.2) is 0 Å². The van der Waals surface area contributed by atoms with Crippen molar-refractivity contribution in [2.75, 3.05) is 13.1 Å². The lowest BCUT2D eigenvalue weighted by molar-refractivity contribution is -0.133. The van der Waals surface area contributed by atoms with Crippen LogP contribution in [-0.2, 0) is 24.3 Å². The predicted molar refractivity (Wildman–Crippen MR) is 100 cm³/mol. The molecule has 0 bridgehead atoms. The average Bonchev–Trinajstić information content (AvgIpc) is 2.75. The third-order valence-electron chi connectivity index (χ3n) is 5.68. The fourth-order valence-corrected chi connectivity index (χ4v) is 4.36. The summed E-state index contributed by atoms with van der Waals surface area (Å²) in [5.41, 5.74) is 3.56. The molecule has 25 heavy (non-hydrogen) atoms. The van der Waals surface area contributed by atoms with Crippen molar-refractivity contribution in [3.8, 4) is 0 Å². The number of hydrogen-bond acceptors (Lipinski definition) is 2. The van der Waals surface area contributed by atoms with Gasteiger partial charge < -0.3 is 5.32 Å². The molecule has 2 aliphatic rings. The van der Waals surface area contributed by atoms with E-state index in [1.165, 1.54) is 16.7 Å². The maximum absolute atomic E-state index is 12.8. The van der Waals surface area contributed by atoms with Crippen molar-refractivity contribution in [2.24, 2.45) is 5.41 Å². The molecule has 0 radical (unpaired) electrons. The first-order valence-corrected chi connectivity index (χ1v) is 9.34. The molecule has 1 spiro atoms. The molecule has 1 saturated heterocycles.